The van der Waals surface area contributed by atoms with Gasteiger partial charge in [-0.1, -0.05) is 53.3 Å². The summed E-state index contributed by atoms with van der Waals surface area (Å²) in [5, 5.41) is 7.46. The van der Waals surface area contributed by atoms with Crippen molar-refractivity contribution in [2.24, 2.45) is 15.1 Å². The maximum Gasteiger partial charge on any atom is 0.332 e. The van der Waals surface area contributed by atoms with Gasteiger partial charge in [-0.3, -0.25) is 18.7 Å². The van der Waals surface area contributed by atoms with Crippen LogP contribution in [0.2, 0.25) is 15.1 Å². The number of benzene rings is 1. The normalized spacial score (nSPS) is 16.1. The minimum absolute atomic E-state index is 0.109. The predicted molar refractivity (Wildman–Crippen MR) is 138 cm³/mol. The van der Waals surface area contributed by atoms with Crippen molar-refractivity contribution in [1.82, 2.24) is 9.13 Å². The Morgan fingerprint density at radius 1 is 1.05 bits per heavy atom. The highest BCUT2D eigenvalue weighted by Crippen LogP contribution is 2.35. The van der Waals surface area contributed by atoms with Gasteiger partial charge < -0.3 is 10.1 Å². The molecule has 1 amide bonds. The van der Waals surface area contributed by atoms with Gasteiger partial charge in [-0.05, 0) is 25.0 Å². The van der Waals surface area contributed by atoms with Gasteiger partial charge in [0.15, 0.2) is 24.5 Å². The molecule has 194 valence electrons. The van der Waals surface area contributed by atoms with Crippen LogP contribution in [0, 0.1) is 0 Å². The summed E-state index contributed by atoms with van der Waals surface area (Å²) in [6, 6.07) is 3.04. The molecule has 0 fully saturated rings. The number of fused-ring (bicyclic) bond motifs is 1. The van der Waals surface area contributed by atoms with Crippen LogP contribution in [0.5, 0.6) is 0 Å². The molecule has 0 bridgehead atoms. The number of azo groups is 2. The second-order valence-electron chi connectivity index (χ2n) is 8.16. The van der Waals surface area contributed by atoms with Crippen molar-refractivity contribution in [3.05, 3.63) is 82.4 Å². The third-order valence-electron chi connectivity index (χ3n) is 5.45. The van der Waals surface area contributed by atoms with Crippen molar-refractivity contribution in [2.45, 2.75) is 39.8 Å². The molecule has 0 unspecified atom stereocenters. The Morgan fingerprint density at radius 2 is 1.76 bits per heavy atom. The molecule has 0 radical (unpaired) electrons. The molecule has 0 aliphatic carbocycles. The monoisotopic (exact) mass is 566 g/mol. The van der Waals surface area contributed by atoms with E-state index < -0.39 is 17.2 Å². The number of anilines is 1. The molecule has 11 nitrogen and oxygen atoms in total. The summed E-state index contributed by atoms with van der Waals surface area (Å²) in [7, 11) is 1.65. The molecule has 1 N–H and O–H groups in total. The van der Waals surface area contributed by atoms with Crippen molar-refractivity contribution >= 4 is 46.4 Å². The maximum atomic E-state index is 13.0. The van der Waals surface area contributed by atoms with E-state index >= 15 is 0 Å². The smallest absolute Gasteiger partial charge is 0.332 e. The summed E-state index contributed by atoms with van der Waals surface area (Å²) < 4.78 is 9.64. The van der Waals surface area contributed by atoms with Gasteiger partial charge in [-0.25, -0.2) is 14.8 Å². The number of likely N-dealkylation sites (N-methyl/N-ethyl adjacent to an activating group) is 1. The average molecular weight is 568 g/mol. The van der Waals surface area contributed by atoms with Gasteiger partial charge in [0.25, 0.3) is 23.0 Å². The molecule has 2 aliphatic rings. The number of carbonyl (C=O) groups excluding carboxylic acids is 1. The van der Waals surface area contributed by atoms with Crippen molar-refractivity contribution in [3.8, 4) is 0 Å². The lowest BCUT2D eigenvalue weighted by Crippen LogP contribution is -2.57. The van der Waals surface area contributed by atoms with Gasteiger partial charge in [0.2, 0.25) is 5.82 Å². The summed E-state index contributed by atoms with van der Waals surface area (Å²) in [6.45, 7) is 4.14. The van der Waals surface area contributed by atoms with Gasteiger partial charge in [0.1, 0.15) is 0 Å². The number of nitrogens with zero attached hydrogens (tertiary/aromatic N) is 6. The molecule has 2 aliphatic heterocycles. The number of halogens is 3. The van der Waals surface area contributed by atoms with Gasteiger partial charge in [-0.2, -0.15) is 0 Å². The van der Waals surface area contributed by atoms with E-state index in [9.17, 15) is 14.4 Å². The van der Waals surface area contributed by atoms with E-state index in [0.717, 1.165) is 0 Å². The Hall–Kier alpha value is -3.28. The lowest BCUT2D eigenvalue weighted by molar-refractivity contribution is -0.506. The summed E-state index contributed by atoms with van der Waals surface area (Å²) in [5.41, 5.74) is 0.0610. The molecule has 14 heteroatoms. The summed E-state index contributed by atoms with van der Waals surface area (Å²) in [4.78, 5) is 47.1. The van der Waals surface area contributed by atoms with Crippen LogP contribution in [0.15, 0.2) is 60.3 Å². The number of amides is 1. The predicted octanol–water partition coefficient (Wildman–Crippen LogP) is 2.82. The number of allylic oxidation sites excluding steroid dienone is 1. The van der Waals surface area contributed by atoms with E-state index in [4.69, 9.17) is 39.5 Å². The third kappa shape index (κ3) is 5.25. The first-order valence-corrected chi connectivity index (χ1v) is 12.6. The Balaban J connectivity index is 1.60. The highest BCUT2D eigenvalue weighted by molar-refractivity contribution is 6.49. The molecule has 0 spiro atoms. The first kappa shape index (κ1) is 26.8. The number of ether oxygens (including phenoxy) is 1. The minimum Gasteiger partial charge on any atom is -0.463 e. The second kappa shape index (κ2) is 11.0. The van der Waals surface area contributed by atoms with Crippen molar-refractivity contribution in [2.75, 3.05) is 19.0 Å². The fourth-order valence-corrected chi connectivity index (χ4v) is 4.33. The van der Waals surface area contributed by atoms with Crippen LogP contribution < -0.4 is 27.4 Å². The van der Waals surface area contributed by atoms with Crippen LogP contribution in [-0.2, 0) is 22.6 Å². The lowest BCUT2D eigenvalue weighted by atomic mass is 10.3. The highest BCUT2D eigenvalue weighted by Gasteiger charge is 2.28. The molecule has 1 aromatic heterocycles. The van der Waals surface area contributed by atoms with Crippen molar-refractivity contribution < 1.29 is 14.2 Å². The fourth-order valence-electron chi connectivity index (χ4n) is 3.75. The van der Waals surface area contributed by atoms with Gasteiger partial charge in [0, 0.05) is 18.2 Å². The van der Waals surface area contributed by atoms with Crippen molar-refractivity contribution in [3.63, 3.8) is 0 Å². The zero-order valence-electron chi connectivity index (χ0n) is 20.2. The molecule has 0 saturated heterocycles. The van der Waals surface area contributed by atoms with E-state index in [0.29, 0.717) is 31.6 Å². The molecule has 4 rings (SSSR count). The van der Waals surface area contributed by atoms with Crippen LogP contribution in [0.1, 0.15) is 26.7 Å². The zero-order chi connectivity index (χ0) is 26.9. The van der Waals surface area contributed by atoms with Crippen molar-refractivity contribution in [1.29, 1.82) is 0 Å². The Morgan fingerprint density at radius 3 is 2.46 bits per heavy atom. The number of carbonyl (C=O) groups is 1. The fraction of sp³-hybridized carbons (Fsp3) is 0.348. The first-order chi connectivity index (χ1) is 17.7. The highest BCUT2D eigenvalue weighted by atomic mass is 35.5. The number of hydrogen-bond donors (Lipinski definition) is 1. The van der Waals surface area contributed by atoms with Crippen LogP contribution in [-0.4, -0.2) is 33.4 Å². The zero-order valence-corrected chi connectivity index (χ0v) is 22.5. The van der Waals surface area contributed by atoms with E-state index in [1.54, 1.807) is 13.1 Å². The molecule has 0 saturated carbocycles. The number of hydrogen-bond acceptors (Lipinski definition) is 7. The quantitative estimate of drug-likeness (QED) is 0.389. The van der Waals surface area contributed by atoms with E-state index in [1.807, 2.05) is 13.8 Å². The molecule has 2 aromatic rings. The third-order valence-corrected chi connectivity index (χ3v) is 6.74. The minimum atomic E-state index is -0.497. The standard InChI is InChI=1S/C23H22Cl3N7O4/c1-4-8-32-21-19(22(35)33(9-5-2)23(32)36)28-20(29-21)14-10-16(30-31(14)3)37-11-15(34)27-13-7-6-12(24)17(25)18(13)26/h6-7,10H,4-5,8-9,11H2,1-3H3/p+1. The van der Waals surface area contributed by atoms with Gasteiger partial charge in [-0.15, -0.1) is 0 Å². The summed E-state index contributed by atoms with van der Waals surface area (Å²) in [6.07, 6.45) is 2.85. The van der Waals surface area contributed by atoms with Crippen LogP contribution in [0.3, 0.4) is 0 Å². The number of rotatable bonds is 8. The van der Waals surface area contributed by atoms with Crippen LogP contribution in [0.25, 0.3) is 0 Å². The molecule has 0 atom stereocenters. The van der Waals surface area contributed by atoms with Crippen LogP contribution >= 0.6 is 34.8 Å². The van der Waals surface area contributed by atoms with E-state index in [2.05, 4.69) is 20.4 Å². The second-order valence-corrected chi connectivity index (χ2v) is 9.32. The maximum absolute atomic E-state index is 13.0. The molecular weight excluding hydrogens is 545 g/mol. The Kier molecular flexibility index (Phi) is 7.96. The first-order valence-electron chi connectivity index (χ1n) is 11.4. The van der Waals surface area contributed by atoms with Gasteiger partial charge >= 0.3 is 5.69 Å². The van der Waals surface area contributed by atoms with E-state index in [-0.39, 0.29) is 49.9 Å². The largest absolute Gasteiger partial charge is 0.463 e. The Labute approximate surface area is 225 Å². The number of aromatic nitrogens is 2. The molecule has 1 aromatic carbocycles. The SMILES string of the molecule is CCCn1c(=O)c2c(n(CCC)c1=O)=N/C(=C1\C=C(OCC(=O)Nc3ccc(Cl)c(Cl)c3Cl)N=[N+]1C)N=2. The molecule has 37 heavy (non-hydrogen) atoms. The summed E-state index contributed by atoms with van der Waals surface area (Å²) >= 11 is 18.0. The summed E-state index contributed by atoms with van der Waals surface area (Å²) in [5.74, 6) is -0.151. The van der Waals surface area contributed by atoms with E-state index in [1.165, 1.54) is 26.0 Å². The topological polar surface area (TPSA) is 122 Å². The molecular formula is C23H23Cl3N7O4+. The average Bonchev–Trinajstić information content (AvgIpc) is 3.47. The van der Waals surface area contributed by atoms with Crippen LogP contribution in [0.4, 0.5) is 5.69 Å². The number of nitrogens with one attached hydrogen (secondary N) is 1. The van der Waals surface area contributed by atoms with Gasteiger partial charge in [0.05, 0.1) is 26.8 Å². The lowest BCUT2D eigenvalue weighted by Gasteiger charge is -2.09. The Bertz CT molecular complexity index is 1640. The molecule has 3 heterocycles.